The van der Waals surface area contributed by atoms with Crippen LogP contribution >= 0.6 is 47.2 Å². The van der Waals surface area contributed by atoms with Gasteiger partial charge in [0.25, 0.3) is 5.91 Å². The van der Waals surface area contributed by atoms with Crippen molar-refractivity contribution in [3.8, 4) is 11.3 Å². The smallest absolute Gasteiger partial charge is 0.303 e. The Morgan fingerprint density at radius 1 is 1.21 bits per heavy atom. The molecule has 5 nitrogen and oxygen atoms in total. The normalized spacial score (nSPS) is 15.5. The van der Waals surface area contributed by atoms with Gasteiger partial charge in [0.05, 0.1) is 15.0 Å². The summed E-state index contributed by atoms with van der Waals surface area (Å²) in [6.45, 7) is 0.475. The third kappa shape index (κ3) is 5.42. The molecule has 0 atom stereocenters. The van der Waals surface area contributed by atoms with Crippen LogP contribution in [0.2, 0.25) is 10.0 Å². The number of rotatable bonds is 8. The van der Waals surface area contributed by atoms with E-state index in [-0.39, 0.29) is 12.3 Å². The zero-order chi connectivity index (χ0) is 21.0. The molecule has 2 heterocycles. The van der Waals surface area contributed by atoms with Crippen molar-refractivity contribution < 1.29 is 19.1 Å². The Labute approximate surface area is 187 Å². The van der Waals surface area contributed by atoms with Gasteiger partial charge in [-0.2, -0.15) is 0 Å². The van der Waals surface area contributed by atoms with Gasteiger partial charge in [0.2, 0.25) is 0 Å². The molecule has 0 saturated carbocycles. The van der Waals surface area contributed by atoms with Crippen LogP contribution in [0.5, 0.6) is 0 Å². The third-order valence-electron chi connectivity index (χ3n) is 4.26. The minimum Gasteiger partial charge on any atom is -0.481 e. The molecule has 1 aliphatic heterocycles. The fourth-order valence-corrected chi connectivity index (χ4v) is 4.50. The molecule has 152 valence electrons. The molecule has 9 heteroatoms. The van der Waals surface area contributed by atoms with Gasteiger partial charge in [-0.25, -0.2) is 0 Å². The van der Waals surface area contributed by atoms with E-state index in [1.54, 1.807) is 41.3 Å². The third-order valence-corrected chi connectivity index (χ3v) is 6.46. The van der Waals surface area contributed by atoms with Crippen LogP contribution in [0.4, 0.5) is 0 Å². The fourth-order valence-electron chi connectivity index (χ4n) is 2.81. The zero-order valence-electron chi connectivity index (χ0n) is 15.2. The maximum Gasteiger partial charge on any atom is 0.303 e. The molecule has 1 N–H and O–H groups in total. The largest absolute Gasteiger partial charge is 0.481 e. The van der Waals surface area contributed by atoms with E-state index in [1.807, 2.05) is 0 Å². The molecular formula is C20H17Cl2NO4S2. The Kier molecular flexibility index (Phi) is 7.40. The highest BCUT2D eigenvalue weighted by atomic mass is 35.5. The van der Waals surface area contributed by atoms with Gasteiger partial charge >= 0.3 is 5.97 Å². The Morgan fingerprint density at radius 2 is 2.00 bits per heavy atom. The average molecular weight is 470 g/mol. The topological polar surface area (TPSA) is 70.8 Å². The van der Waals surface area contributed by atoms with Crippen LogP contribution in [-0.4, -0.2) is 32.7 Å². The molecular weight excluding hydrogens is 453 g/mol. The number of thiocarbonyl (C=S) groups is 1. The van der Waals surface area contributed by atoms with Crippen LogP contribution in [0.3, 0.4) is 0 Å². The molecule has 1 amide bonds. The summed E-state index contributed by atoms with van der Waals surface area (Å²) in [6.07, 6.45) is 3.80. The molecule has 1 aromatic carbocycles. The lowest BCUT2D eigenvalue weighted by Gasteiger charge is -2.13. The summed E-state index contributed by atoms with van der Waals surface area (Å²) < 4.78 is 6.31. The number of aliphatic carboxylic acids is 1. The van der Waals surface area contributed by atoms with E-state index >= 15 is 0 Å². The second-order valence-electron chi connectivity index (χ2n) is 6.34. The quantitative estimate of drug-likeness (QED) is 0.286. The van der Waals surface area contributed by atoms with Gasteiger partial charge < -0.3 is 9.52 Å². The molecule has 0 spiro atoms. The number of thioether (sulfide) groups is 1. The Morgan fingerprint density at radius 3 is 2.76 bits per heavy atom. The van der Waals surface area contributed by atoms with E-state index in [2.05, 4.69) is 0 Å². The number of unbranched alkanes of at least 4 members (excludes halogenated alkanes) is 2. The average Bonchev–Trinajstić information content (AvgIpc) is 3.23. The number of furan rings is 1. The summed E-state index contributed by atoms with van der Waals surface area (Å²) in [5.41, 5.74) is 0.674. The Hall–Kier alpha value is -1.80. The predicted octanol–water partition coefficient (Wildman–Crippen LogP) is 6.10. The van der Waals surface area contributed by atoms with Crippen molar-refractivity contribution in [3.05, 3.63) is 51.0 Å². The predicted molar refractivity (Wildman–Crippen MR) is 120 cm³/mol. The van der Waals surface area contributed by atoms with E-state index in [0.717, 1.165) is 6.42 Å². The van der Waals surface area contributed by atoms with Gasteiger partial charge in [0.1, 0.15) is 15.8 Å². The van der Waals surface area contributed by atoms with E-state index in [9.17, 15) is 9.59 Å². The van der Waals surface area contributed by atoms with Gasteiger partial charge in [-0.15, -0.1) is 0 Å². The Balaban J connectivity index is 1.66. The molecule has 1 aliphatic rings. The van der Waals surface area contributed by atoms with Crippen molar-refractivity contribution in [2.24, 2.45) is 0 Å². The van der Waals surface area contributed by atoms with Crippen molar-refractivity contribution in [2.45, 2.75) is 25.7 Å². The first kappa shape index (κ1) is 21.9. The summed E-state index contributed by atoms with van der Waals surface area (Å²) in [6, 6.07) is 8.82. The summed E-state index contributed by atoms with van der Waals surface area (Å²) in [7, 11) is 0. The summed E-state index contributed by atoms with van der Waals surface area (Å²) in [5.74, 6) is 0.0862. The van der Waals surface area contributed by atoms with Crippen molar-refractivity contribution >= 4 is 69.5 Å². The molecule has 0 bridgehead atoms. The van der Waals surface area contributed by atoms with E-state index in [1.165, 1.54) is 11.8 Å². The SMILES string of the molecule is O=C(O)CCCCCN1C(=O)C(=Cc2ccc(-c3cccc(Cl)c3Cl)o2)SC1=S. The van der Waals surface area contributed by atoms with Crippen molar-refractivity contribution in [1.82, 2.24) is 4.90 Å². The number of benzene rings is 1. The van der Waals surface area contributed by atoms with E-state index in [0.29, 0.717) is 55.7 Å². The first-order valence-corrected chi connectivity index (χ1v) is 10.9. The van der Waals surface area contributed by atoms with Gasteiger partial charge in [-0.3, -0.25) is 14.5 Å². The van der Waals surface area contributed by atoms with Crippen LogP contribution in [0.1, 0.15) is 31.4 Å². The zero-order valence-corrected chi connectivity index (χ0v) is 18.3. The second-order valence-corrected chi connectivity index (χ2v) is 8.80. The molecule has 0 aliphatic carbocycles. The highest BCUT2D eigenvalue weighted by Crippen LogP contribution is 2.36. The summed E-state index contributed by atoms with van der Waals surface area (Å²) in [4.78, 5) is 25.2. The van der Waals surface area contributed by atoms with Crippen molar-refractivity contribution in [3.63, 3.8) is 0 Å². The lowest BCUT2D eigenvalue weighted by Crippen LogP contribution is -2.29. The number of nitrogens with zero attached hydrogens (tertiary/aromatic N) is 1. The van der Waals surface area contributed by atoms with Crippen molar-refractivity contribution in [1.29, 1.82) is 0 Å². The molecule has 1 aromatic heterocycles. The number of hydrogen-bond acceptors (Lipinski definition) is 5. The van der Waals surface area contributed by atoms with Crippen LogP contribution in [0.25, 0.3) is 17.4 Å². The molecule has 1 fully saturated rings. The molecule has 2 aromatic rings. The number of carbonyl (C=O) groups excluding carboxylic acids is 1. The van der Waals surface area contributed by atoms with Crippen LogP contribution < -0.4 is 0 Å². The number of amides is 1. The monoisotopic (exact) mass is 469 g/mol. The lowest BCUT2D eigenvalue weighted by molar-refractivity contribution is -0.137. The maximum absolute atomic E-state index is 12.6. The molecule has 0 unspecified atom stereocenters. The minimum atomic E-state index is -0.810. The maximum atomic E-state index is 12.6. The van der Waals surface area contributed by atoms with E-state index < -0.39 is 5.97 Å². The van der Waals surface area contributed by atoms with Crippen molar-refractivity contribution in [2.75, 3.05) is 6.54 Å². The van der Waals surface area contributed by atoms with Gasteiger partial charge in [-0.1, -0.05) is 59.7 Å². The number of carboxylic acid groups (broad SMARTS) is 1. The summed E-state index contributed by atoms with van der Waals surface area (Å²) in [5, 5.41) is 9.51. The standard InChI is InChI=1S/C20H17Cl2NO4S2/c21-14-6-4-5-13(18(14)22)15-9-8-12(27-15)11-16-19(26)23(20(28)29-16)10-3-1-2-7-17(24)25/h4-6,8-9,11H,1-3,7,10H2,(H,24,25). The first-order chi connectivity index (χ1) is 13.9. The van der Waals surface area contributed by atoms with E-state index in [4.69, 9.17) is 44.9 Å². The molecule has 29 heavy (non-hydrogen) atoms. The van der Waals surface area contributed by atoms with Crippen LogP contribution in [-0.2, 0) is 9.59 Å². The molecule has 3 rings (SSSR count). The highest BCUT2D eigenvalue weighted by molar-refractivity contribution is 8.26. The fraction of sp³-hybridized carbons (Fsp3) is 0.250. The first-order valence-electron chi connectivity index (χ1n) is 8.88. The lowest BCUT2D eigenvalue weighted by atomic mass is 10.2. The number of halogens is 2. The number of carbonyl (C=O) groups is 2. The van der Waals surface area contributed by atoms with Crippen LogP contribution in [0, 0.1) is 0 Å². The minimum absolute atomic E-state index is 0.135. The number of carboxylic acids is 1. The number of hydrogen-bond donors (Lipinski definition) is 1. The highest BCUT2D eigenvalue weighted by Gasteiger charge is 2.31. The molecule has 0 radical (unpaired) electrons. The molecule has 1 saturated heterocycles. The summed E-state index contributed by atoms with van der Waals surface area (Å²) >= 11 is 18.8. The Bertz CT molecular complexity index is 987. The van der Waals surface area contributed by atoms with Gasteiger partial charge in [0.15, 0.2) is 0 Å². The second kappa shape index (κ2) is 9.80. The van der Waals surface area contributed by atoms with Gasteiger partial charge in [-0.05, 0) is 37.1 Å². The van der Waals surface area contributed by atoms with Gasteiger partial charge in [0, 0.05) is 24.6 Å². The van der Waals surface area contributed by atoms with Crippen LogP contribution in [0.15, 0.2) is 39.7 Å².